The molecule has 3 heterocycles. The molecule has 3 aromatic rings. The maximum absolute atomic E-state index is 12.9. The van der Waals surface area contributed by atoms with Crippen LogP contribution in [0.25, 0.3) is 11.3 Å². The van der Waals surface area contributed by atoms with Crippen molar-refractivity contribution in [3.63, 3.8) is 0 Å². The number of carbonyl (C=O) groups is 2. The summed E-state index contributed by atoms with van der Waals surface area (Å²) in [4.78, 5) is 29.4. The number of benzene rings is 1. The lowest BCUT2D eigenvalue weighted by Crippen LogP contribution is -2.42. The highest BCUT2D eigenvalue weighted by Crippen LogP contribution is 2.29. The Morgan fingerprint density at radius 3 is 2.66 bits per heavy atom. The molecule has 32 heavy (non-hydrogen) atoms. The Labute approximate surface area is 189 Å². The molecule has 0 atom stereocenters. The maximum atomic E-state index is 12.9. The van der Waals surface area contributed by atoms with Crippen LogP contribution in [0.3, 0.4) is 0 Å². The minimum absolute atomic E-state index is 0.0768. The SMILES string of the molecule is O=C(O)COc1cc(NC2CCN(C(=O)c3cc(-c4ccncc4)n[nH]3)CC2)ccc1Cl. The molecule has 3 N–H and O–H groups in total. The Morgan fingerprint density at radius 1 is 1.19 bits per heavy atom. The number of piperidine rings is 1. The second kappa shape index (κ2) is 9.69. The standard InChI is InChI=1S/C22H22ClN5O4/c23-17-2-1-16(11-20(17)32-13-21(29)30)25-15-5-9-28(10-6-15)22(31)19-12-18(26-27-19)14-3-7-24-8-4-14/h1-4,7-8,11-12,15,25H,5-6,9-10,13H2,(H,26,27)(H,29,30). The van der Waals surface area contributed by atoms with Crippen molar-refractivity contribution >= 4 is 29.2 Å². The zero-order chi connectivity index (χ0) is 22.5. The highest BCUT2D eigenvalue weighted by Gasteiger charge is 2.25. The molecule has 1 amide bonds. The largest absolute Gasteiger partial charge is 0.480 e. The predicted molar refractivity (Wildman–Crippen MR) is 119 cm³/mol. The number of rotatable bonds is 7. The van der Waals surface area contributed by atoms with Crippen molar-refractivity contribution in [2.24, 2.45) is 0 Å². The predicted octanol–water partition coefficient (Wildman–Crippen LogP) is 3.31. The Balaban J connectivity index is 1.33. The highest BCUT2D eigenvalue weighted by atomic mass is 35.5. The van der Waals surface area contributed by atoms with Crippen LogP contribution in [0.5, 0.6) is 5.75 Å². The van der Waals surface area contributed by atoms with E-state index in [4.69, 9.17) is 21.4 Å². The topological polar surface area (TPSA) is 120 Å². The molecule has 166 valence electrons. The monoisotopic (exact) mass is 455 g/mol. The number of nitrogens with zero attached hydrogens (tertiary/aromatic N) is 3. The molecule has 0 aliphatic carbocycles. The number of carboxylic acid groups (broad SMARTS) is 1. The van der Waals surface area contributed by atoms with E-state index in [1.165, 1.54) is 0 Å². The first kappa shape index (κ1) is 21.6. The molecule has 1 fully saturated rings. The molecule has 9 nitrogen and oxygen atoms in total. The number of aliphatic carboxylic acids is 1. The van der Waals surface area contributed by atoms with Gasteiger partial charge >= 0.3 is 5.97 Å². The number of nitrogens with one attached hydrogen (secondary N) is 2. The smallest absolute Gasteiger partial charge is 0.341 e. The van der Waals surface area contributed by atoms with Gasteiger partial charge in [-0.05, 0) is 43.2 Å². The van der Waals surface area contributed by atoms with Gasteiger partial charge in [-0.1, -0.05) is 11.6 Å². The van der Waals surface area contributed by atoms with E-state index in [1.807, 2.05) is 23.1 Å². The number of ether oxygens (including phenoxy) is 1. The van der Waals surface area contributed by atoms with Crippen molar-refractivity contribution < 1.29 is 19.4 Å². The van der Waals surface area contributed by atoms with Gasteiger partial charge in [0.1, 0.15) is 11.4 Å². The number of carboxylic acids is 1. The lowest BCUT2D eigenvalue weighted by Gasteiger charge is -2.32. The number of H-pyrrole nitrogens is 1. The van der Waals surface area contributed by atoms with Crippen LogP contribution in [0.15, 0.2) is 48.8 Å². The van der Waals surface area contributed by atoms with E-state index in [1.54, 1.807) is 30.6 Å². The second-order valence-electron chi connectivity index (χ2n) is 7.44. The molecule has 0 spiro atoms. The minimum Gasteiger partial charge on any atom is -0.480 e. The summed E-state index contributed by atoms with van der Waals surface area (Å²) in [6, 6.07) is 10.8. The fourth-order valence-electron chi connectivity index (χ4n) is 3.58. The first-order valence-electron chi connectivity index (χ1n) is 10.2. The van der Waals surface area contributed by atoms with Crippen LogP contribution >= 0.6 is 11.6 Å². The molecule has 0 unspecified atom stereocenters. The molecular formula is C22H22ClN5O4. The van der Waals surface area contributed by atoms with Gasteiger partial charge in [-0.15, -0.1) is 0 Å². The highest BCUT2D eigenvalue weighted by molar-refractivity contribution is 6.32. The summed E-state index contributed by atoms with van der Waals surface area (Å²) < 4.78 is 5.22. The van der Waals surface area contributed by atoms with E-state index in [0.29, 0.717) is 35.2 Å². The van der Waals surface area contributed by atoms with E-state index in [-0.39, 0.29) is 11.9 Å². The number of likely N-dealkylation sites (tertiary alicyclic amines) is 1. The van der Waals surface area contributed by atoms with Crippen LogP contribution in [-0.4, -0.2) is 62.8 Å². The van der Waals surface area contributed by atoms with Crippen LogP contribution in [0.4, 0.5) is 5.69 Å². The molecule has 1 aliphatic heterocycles. The molecule has 1 saturated heterocycles. The van der Waals surface area contributed by atoms with Crippen molar-refractivity contribution in [1.82, 2.24) is 20.1 Å². The maximum Gasteiger partial charge on any atom is 0.341 e. The molecule has 0 saturated carbocycles. The first-order valence-corrected chi connectivity index (χ1v) is 10.5. The number of aromatic amines is 1. The minimum atomic E-state index is -1.07. The molecule has 1 aromatic carbocycles. The van der Waals surface area contributed by atoms with E-state index in [0.717, 1.165) is 24.1 Å². The summed E-state index contributed by atoms with van der Waals surface area (Å²) in [5.41, 5.74) is 2.85. The van der Waals surface area contributed by atoms with E-state index in [2.05, 4.69) is 20.5 Å². The van der Waals surface area contributed by atoms with Gasteiger partial charge in [-0.25, -0.2) is 4.79 Å². The number of aromatic nitrogens is 3. The van der Waals surface area contributed by atoms with Crippen LogP contribution in [0.2, 0.25) is 5.02 Å². The number of halogens is 1. The van der Waals surface area contributed by atoms with Gasteiger partial charge in [0, 0.05) is 48.8 Å². The van der Waals surface area contributed by atoms with E-state index >= 15 is 0 Å². The first-order chi connectivity index (χ1) is 15.5. The van der Waals surface area contributed by atoms with Gasteiger partial charge in [0.2, 0.25) is 0 Å². The summed E-state index contributed by atoms with van der Waals surface area (Å²) >= 11 is 6.07. The van der Waals surface area contributed by atoms with Crippen molar-refractivity contribution in [3.8, 4) is 17.0 Å². The Bertz CT molecular complexity index is 1100. The third-order valence-corrected chi connectivity index (χ3v) is 5.53. The third-order valence-electron chi connectivity index (χ3n) is 5.22. The Morgan fingerprint density at radius 2 is 1.94 bits per heavy atom. The van der Waals surface area contributed by atoms with Crippen LogP contribution in [-0.2, 0) is 4.79 Å². The molecular weight excluding hydrogens is 434 g/mol. The Kier molecular flexibility index (Phi) is 6.55. The van der Waals surface area contributed by atoms with Crippen LogP contribution in [0, 0.1) is 0 Å². The third kappa shape index (κ3) is 5.17. The number of pyridine rings is 1. The number of hydrogen-bond acceptors (Lipinski definition) is 6. The number of anilines is 1. The normalized spacial score (nSPS) is 14.2. The molecule has 10 heteroatoms. The van der Waals surface area contributed by atoms with Crippen molar-refractivity contribution in [3.05, 3.63) is 59.5 Å². The average Bonchev–Trinajstić information content (AvgIpc) is 3.30. The van der Waals surface area contributed by atoms with Gasteiger partial charge in [0.05, 0.1) is 10.7 Å². The molecule has 4 rings (SSSR count). The second-order valence-corrected chi connectivity index (χ2v) is 7.85. The fraction of sp³-hybridized carbons (Fsp3) is 0.273. The van der Waals surface area contributed by atoms with Gasteiger partial charge in [-0.2, -0.15) is 5.10 Å². The zero-order valence-corrected chi connectivity index (χ0v) is 17.9. The van der Waals surface area contributed by atoms with E-state index in [9.17, 15) is 9.59 Å². The quantitative estimate of drug-likeness (QED) is 0.499. The molecule has 0 bridgehead atoms. The van der Waals surface area contributed by atoms with Gasteiger partial charge < -0.3 is 20.1 Å². The summed E-state index contributed by atoms with van der Waals surface area (Å²) in [6.45, 7) is 0.756. The lowest BCUT2D eigenvalue weighted by atomic mass is 10.0. The summed E-state index contributed by atoms with van der Waals surface area (Å²) in [5, 5.41) is 19.6. The zero-order valence-electron chi connectivity index (χ0n) is 17.1. The van der Waals surface area contributed by atoms with Crippen molar-refractivity contribution in [1.29, 1.82) is 0 Å². The molecule has 0 radical (unpaired) electrons. The Hall–Kier alpha value is -3.59. The average molecular weight is 456 g/mol. The number of hydrogen-bond donors (Lipinski definition) is 3. The summed E-state index contributed by atoms with van der Waals surface area (Å²) in [5.74, 6) is -0.829. The summed E-state index contributed by atoms with van der Waals surface area (Å²) in [7, 11) is 0. The molecule has 2 aromatic heterocycles. The number of carbonyl (C=O) groups excluding carboxylic acids is 1. The van der Waals surface area contributed by atoms with E-state index < -0.39 is 12.6 Å². The van der Waals surface area contributed by atoms with Gasteiger partial charge in [0.15, 0.2) is 6.61 Å². The molecule has 1 aliphatic rings. The fourth-order valence-corrected chi connectivity index (χ4v) is 3.75. The van der Waals surface area contributed by atoms with Crippen LogP contribution < -0.4 is 10.1 Å². The van der Waals surface area contributed by atoms with Crippen molar-refractivity contribution in [2.75, 3.05) is 25.0 Å². The van der Waals surface area contributed by atoms with Crippen LogP contribution in [0.1, 0.15) is 23.3 Å². The number of amides is 1. The summed E-state index contributed by atoms with van der Waals surface area (Å²) in [6.07, 6.45) is 4.91. The van der Waals surface area contributed by atoms with Gasteiger partial charge in [0.25, 0.3) is 5.91 Å². The lowest BCUT2D eigenvalue weighted by molar-refractivity contribution is -0.139. The van der Waals surface area contributed by atoms with Gasteiger partial charge in [-0.3, -0.25) is 14.9 Å². The van der Waals surface area contributed by atoms with Crippen molar-refractivity contribution in [2.45, 2.75) is 18.9 Å².